The summed E-state index contributed by atoms with van der Waals surface area (Å²) in [7, 11) is 0. The number of rotatable bonds is 6. The summed E-state index contributed by atoms with van der Waals surface area (Å²) < 4.78 is 5.93. The molecule has 2 unspecified atom stereocenters. The van der Waals surface area contributed by atoms with E-state index in [0.29, 0.717) is 12.1 Å². The molecule has 1 N–H and O–H groups in total. The highest BCUT2D eigenvalue weighted by Crippen LogP contribution is 2.30. The fraction of sp³-hybridized carbons (Fsp3) is 0.600. The predicted molar refractivity (Wildman–Crippen MR) is 71.6 cm³/mol. The average molecular weight is 233 g/mol. The van der Waals surface area contributed by atoms with Gasteiger partial charge in [0.2, 0.25) is 0 Å². The number of fused-ring (bicyclic) bond motifs is 1. The molecule has 2 rings (SSSR count). The minimum atomic E-state index is 0.404. The molecule has 2 atom stereocenters. The van der Waals surface area contributed by atoms with Gasteiger partial charge in [0.05, 0.1) is 0 Å². The lowest BCUT2D eigenvalue weighted by molar-refractivity contribution is 0.215. The van der Waals surface area contributed by atoms with E-state index in [2.05, 4.69) is 43.4 Å². The zero-order chi connectivity index (χ0) is 12.1. The van der Waals surface area contributed by atoms with E-state index in [4.69, 9.17) is 4.74 Å². The number of nitrogens with one attached hydrogen (secondary N) is 1. The molecule has 0 aromatic heterocycles. The van der Waals surface area contributed by atoms with Gasteiger partial charge in [0, 0.05) is 12.5 Å². The Labute approximate surface area is 104 Å². The number of para-hydroxylation sites is 1. The molecule has 2 nitrogen and oxygen atoms in total. The van der Waals surface area contributed by atoms with E-state index in [-0.39, 0.29) is 0 Å². The standard InChI is InChI=1S/C15H23NO/c1-3-16-12(2)7-6-9-14-11-13-8-4-5-10-15(13)17-14/h4-5,8,10,12,14,16H,3,6-7,9,11H2,1-2H3. The maximum Gasteiger partial charge on any atom is 0.123 e. The molecule has 0 radical (unpaired) electrons. The zero-order valence-electron chi connectivity index (χ0n) is 10.9. The van der Waals surface area contributed by atoms with Crippen molar-refractivity contribution in [2.24, 2.45) is 0 Å². The predicted octanol–water partition coefficient (Wildman–Crippen LogP) is 3.16. The van der Waals surface area contributed by atoms with Gasteiger partial charge in [-0.3, -0.25) is 0 Å². The van der Waals surface area contributed by atoms with Gasteiger partial charge in [0.15, 0.2) is 0 Å². The molecule has 0 fully saturated rings. The Hall–Kier alpha value is -1.02. The summed E-state index contributed by atoms with van der Waals surface area (Å²) in [6.07, 6.45) is 5.15. The van der Waals surface area contributed by atoms with E-state index in [1.165, 1.54) is 24.8 Å². The molecular formula is C15H23NO. The topological polar surface area (TPSA) is 21.3 Å². The Bertz CT molecular complexity index is 326. The Morgan fingerprint density at radius 2 is 2.24 bits per heavy atom. The molecule has 0 aliphatic carbocycles. The first kappa shape index (κ1) is 12.4. The third-order valence-corrected chi connectivity index (χ3v) is 3.43. The molecular weight excluding hydrogens is 210 g/mol. The monoisotopic (exact) mass is 233 g/mol. The van der Waals surface area contributed by atoms with Crippen molar-refractivity contribution >= 4 is 0 Å². The summed E-state index contributed by atoms with van der Waals surface area (Å²) in [5.41, 5.74) is 1.37. The SMILES string of the molecule is CCNC(C)CCCC1Cc2ccccc2O1. The van der Waals surface area contributed by atoms with Gasteiger partial charge >= 0.3 is 0 Å². The van der Waals surface area contributed by atoms with E-state index in [1.807, 2.05) is 0 Å². The minimum Gasteiger partial charge on any atom is -0.490 e. The van der Waals surface area contributed by atoms with Gasteiger partial charge in [0.25, 0.3) is 0 Å². The van der Waals surface area contributed by atoms with Gasteiger partial charge in [-0.25, -0.2) is 0 Å². The van der Waals surface area contributed by atoms with Crippen LogP contribution < -0.4 is 10.1 Å². The van der Waals surface area contributed by atoms with Crippen LogP contribution in [0.2, 0.25) is 0 Å². The molecule has 0 spiro atoms. The molecule has 94 valence electrons. The van der Waals surface area contributed by atoms with Crippen LogP contribution in [0.1, 0.15) is 38.7 Å². The van der Waals surface area contributed by atoms with Crippen LogP contribution in [0.25, 0.3) is 0 Å². The Kier molecular flexibility index (Phi) is 4.43. The van der Waals surface area contributed by atoms with E-state index in [1.54, 1.807) is 0 Å². The van der Waals surface area contributed by atoms with Crippen molar-refractivity contribution in [1.29, 1.82) is 0 Å². The van der Waals surface area contributed by atoms with Crippen molar-refractivity contribution in [2.75, 3.05) is 6.54 Å². The van der Waals surface area contributed by atoms with Gasteiger partial charge in [-0.2, -0.15) is 0 Å². The van der Waals surface area contributed by atoms with Crippen LogP contribution >= 0.6 is 0 Å². The van der Waals surface area contributed by atoms with Crippen LogP contribution in [0.15, 0.2) is 24.3 Å². The third-order valence-electron chi connectivity index (χ3n) is 3.43. The maximum absolute atomic E-state index is 5.93. The minimum absolute atomic E-state index is 0.404. The number of benzene rings is 1. The van der Waals surface area contributed by atoms with Crippen molar-refractivity contribution in [3.8, 4) is 5.75 Å². The molecule has 2 heteroatoms. The van der Waals surface area contributed by atoms with E-state index >= 15 is 0 Å². The van der Waals surface area contributed by atoms with E-state index in [0.717, 1.165) is 18.7 Å². The molecule has 17 heavy (non-hydrogen) atoms. The lowest BCUT2D eigenvalue weighted by atomic mass is 10.0. The summed E-state index contributed by atoms with van der Waals surface area (Å²) in [4.78, 5) is 0. The molecule has 0 bridgehead atoms. The lowest BCUT2D eigenvalue weighted by Crippen LogP contribution is -2.25. The van der Waals surface area contributed by atoms with Crippen molar-refractivity contribution < 1.29 is 4.74 Å². The summed E-state index contributed by atoms with van der Waals surface area (Å²) >= 11 is 0. The maximum atomic E-state index is 5.93. The fourth-order valence-corrected chi connectivity index (χ4v) is 2.52. The van der Waals surface area contributed by atoms with Gasteiger partial charge in [-0.1, -0.05) is 25.1 Å². The molecule has 1 heterocycles. The van der Waals surface area contributed by atoms with Crippen LogP contribution in [0, 0.1) is 0 Å². The molecule has 1 aliphatic heterocycles. The van der Waals surface area contributed by atoms with Crippen LogP contribution in [0.3, 0.4) is 0 Å². The number of hydrogen-bond donors (Lipinski definition) is 1. The average Bonchev–Trinajstić information content (AvgIpc) is 2.71. The smallest absolute Gasteiger partial charge is 0.123 e. The molecule has 1 aromatic rings. The van der Waals surface area contributed by atoms with Crippen LogP contribution in [-0.2, 0) is 6.42 Å². The van der Waals surface area contributed by atoms with Crippen LogP contribution in [0.4, 0.5) is 0 Å². The first-order valence-electron chi connectivity index (χ1n) is 6.77. The summed E-state index contributed by atoms with van der Waals surface area (Å²) in [5, 5.41) is 3.45. The van der Waals surface area contributed by atoms with Crippen LogP contribution in [0.5, 0.6) is 5.75 Å². The zero-order valence-corrected chi connectivity index (χ0v) is 10.9. The third kappa shape index (κ3) is 3.47. The summed E-state index contributed by atoms with van der Waals surface area (Å²) in [5.74, 6) is 1.09. The highest BCUT2D eigenvalue weighted by atomic mass is 16.5. The second-order valence-electron chi connectivity index (χ2n) is 4.94. The lowest BCUT2D eigenvalue weighted by Gasteiger charge is -2.14. The van der Waals surface area contributed by atoms with Crippen molar-refractivity contribution in [2.45, 2.75) is 51.7 Å². The second kappa shape index (κ2) is 6.06. The van der Waals surface area contributed by atoms with Gasteiger partial charge < -0.3 is 10.1 Å². The van der Waals surface area contributed by atoms with Gasteiger partial charge in [-0.15, -0.1) is 0 Å². The van der Waals surface area contributed by atoms with Gasteiger partial charge in [0.1, 0.15) is 11.9 Å². The first-order valence-corrected chi connectivity index (χ1v) is 6.77. The first-order chi connectivity index (χ1) is 8.29. The van der Waals surface area contributed by atoms with Gasteiger partial charge in [-0.05, 0) is 44.4 Å². The molecule has 0 amide bonds. The normalized spacial score (nSPS) is 19.8. The summed E-state index contributed by atoms with van der Waals surface area (Å²) in [6, 6.07) is 9.03. The molecule has 0 saturated heterocycles. The van der Waals surface area contributed by atoms with Crippen molar-refractivity contribution in [3.63, 3.8) is 0 Å². The summed E-state index contributed by atoms with van der Waals surface area (Å²) in [6.45, 7) is 5.48. The van der Waals surface area contributed by atoms with E-state index in [9.17, 15) is 0 Å². The molecule has 0 saturated carbocycles. The number of hydrogen-bond acceptors (Lipinski definition) is 2. The Morgan fingerprint density at radius 3 is 3.00 bits per heavy atom. The van der Waals surface area contributed by atoms with Crippen molar-refractivity contribution in [1.82, 2.24) is 5.32 Å². The van der Waals surface area contributed by atoms with Crippen LogP contribution in [-0.4, -0.2) is 18.7 Å². The highest BCUT2D eigenvalue weighted by Gasteiger charge is 2.21. The van der Waals surface area contributed by atoms with Crippen molar-refractivity contribution in [3.05, 3.63) is 29.8 Å². The molecule has 1 aliphatic rings. The quantitative estimate of drug-likeness (QED) is 0.815. The second-order valence-corrected chi connectivity index (χ2v) is 4.94. The highest BCUT2D eigenvalue weighted by molar-refractivity contribution is 5.37. The Morgan fingerprint density at radius 1 is 1.41 bits per heavy atom. The number of ether oxygens (including phenoxy) is 1. The Balaban J connectivity index is 1.70. The van der Waals surface area contributed by atoms with E-state index < -0.39 is 0 Å². The largest absolute Gasteiger partial charge is 0.490 e. The molecule has 1 aromatic carbocycles. The fourth-order valence-electron chi connectivity index (χ4n) is 2.52.